The van der Waals surface area contributed by atoms with Crippen LogP contribution in [0.2, 0.25) is 5.02 Å². The van der Waals surface area contributed by atoms with Gasteiger partial charge in [0.1, 0.15) is 11.5 Å². The van der Waals surface area contributed by atoms with Crippen LogP contribution in [0.1, 0.15) is 5.69 Å². The molecule has 5 nitrogen and oxygen atoms in total. The van der Waals surface area contributed by atoms with Gasteiger partial charge in [-0.25, -0.2) is 18.4 Å². The summed E-state index contributed by atoms with van der Waals surface area (Å²) in [6, 6.07) is 5.07. The maximum absolute atomic E-state index is 12.8. The van der Waals surface area contributed by atoms with E-state index in [0.717, 1.165) is 18.5 Å². The number of rotatable bonds is 2. The maximum Gasteiger partial charge on any atom is 0.433 e. The lowest BCUT2D eigenvalue weighted by atomic mass is 10.2. The zero-order chi connectivity index (χ0) is 18.6. The fourth-order valence-electron chi connectivity index (χ4n) is 2.47. The van der Waals surface area contributed by atoms with E-state index in [1.54, 1.807) is 7.05 Å². The van der Waals surface area contributed by atoms with Crippen LogP contribution in [0.3, 0.4) is 0 Å². The van der Waals surface area contributed by atoms with Crippen LogP contribution in [-0.2, 0) is 23.1 Å². The number of fused-ring (bicyclic) bond motifs is 1. The van der Waals surface area contributed by atoms with Gasteiger partial charge in [0.25, 0.3) is 0 Å². The van der Waals surface area contributed by atoms with Crippen LogP contribution in [0.15, 0.2) is 35.4 Å². The molecular formula is C15H11ClF3N3O2S. The average molecular weight is 390 g/mol. The summed E-state index contributed by atoms with van der Waals surface area (Å²) < 4.78 is 64.0. The van der Waals surface area contributed by atoms with Crippen molar-refractivity contribution in [2.24, 2.45) is 7.05 Å². The quantitative estimate of drug-likeness (QED) is 0.670. The lowest BCUT2D eigenvalue weighted by Gasteiger charge is -2.08. The molecule has 0 unspecified atom stereocenters. The SMILES string of the molecule is Cn1c(-c2ccc(Cl)cc2S(C)(=O)=O)nc2cc(C(F)(F)F)ncc21. The van der Waals surface area contributed by atoms with Gasteiger partial charge < -0.3 is 4.57 Å². The Kier molecular flexibility index (Phi) is 4.03. The Labute approximate surface area is 146 Å². The molecule has 2 aromatic heterocycles. The van der Waals surface area contributed by atoms with E-state index in [1.807, 2.05) is 0 Å². The molecule has 1 aromatic carbocycles. The predicted molar refractivity (Wildman–Crippen MR) is 87.1 cm³/mol. The molecule has 0 aliphatic rings. The van der Waals surface area contributed by atoms with E-state index in [-0.39, 0.29) is 26.8 Å². The number of nitrogens with zero attached hydrogens (tertiary/aromatic N) is 3. The van der Waals surface area contributed by atoms with E-state index in [9.17, 15) is 21.6 Å². The van der Waals surface area contributed by atoms with Crippen LogP contribution >= 0.6 is 11.6 Å². The van der Waals surface area contributed by atoms with Crippen LogP contribution in [0.5, 0.6) is 0 Å². The van der Waals surface area contributed by atoms with Crippen LogP contribution in [-0.4, -0.2) is 29.2 Å². The number of aromatic nitrogens is 3. The number of pyridine rings is 1. The minimum Gasteiger partial charge on any atom is -0.326 e. The summed E-state index contributed by atoms with van der Waals surface area (Å²) in [5, 5.41) is 0.226. The molecule has 2 heterocycles. The lowest BCUT2D eigenvalue weighted by molar-refractivity contribution is -0.141. The molecule has 0 N–H and O–H groups in total. The summed E-state index contributed by atoms with van der Waals surface area (Å²) >= 11 is 5.87. The molecule has 0 aliphatic heterocycles. The van der Waals surface area contributed by atoms with E-state index in [1.165, 1.54) is 22.8 Å². The van der Waals surface area contributed by atoms with Crippen molar-refractivity contribution in [1.82, 2.24) is 14.5 Å². The summed E-state index contributed by atoms with van der Waals surface area (Å²) in [4.78, 5) is 7.53. The zero-order valence-electron chi connectivity index (χ0n) is 13.0. The molecule has 25 heavy (non-hydrogen) atoms. The molecule has 3 aromatic rings. The number of imidazole rings is 1. The minimum atomic E-state index is -4.59. The van der Waals surface area contributed by atoms with Crippen molar-refractivity contribution in [3.8, 4) is 11.4 Å². The van der Waals surface area contributed by atoms with E-state index < -0.39 is 21.7 Å². The Morgan fingerprint density at radius 2 is 1.88 bits per heavy atom. The molecule has 0 bridgehead atoms. The number of sulfone groups is 1. The highest BCUT2D eigenvalue weighted by Gasteiger charge is 2.33. The van der Waals surface area contributed by atoms with Gasteiger partial charge in [0.2, 0.25) is 0 Å². The number of aryl methyl sites for hydroxylation is 1. The first-order valence-electron chi connectivity index (χ1n) is 6.88. The Hall–Kier alpha value is -2.13. The van der Waals surface area contributed by atoms with Gasteiger partial charge in [-0.2, -0.15) is 13.2 Å². The van der Waals surface area contributed by atoms with Gasteiger partial charge in [-0.3, -0.25) is 0 Å². The summed E-state index contributed by atoms with van der Waals surface area (Å²) in [6.45, 7) is 0. The normalized spacial score (nSPS) is 12.7. The monoisotopic (exact) mass is 389 g/mol. The molecule has 0 radical (unpaired) electrons. The van der Waals surface area contributed by atoms with Crippen LogP contribution < -0.4 is 0 Å². The molecule has 132 valence electrons. The molecular weight excluding hydrogens is 379 g/mol. The summed E-state index contributed by atoms with van der Waals surface area (Å²) in [7, 11) is -2.05. The number of benzene rings is 1. The van der Waals surface area contributed by atoms with Crippen LogP contribution in [0.25, 0.3) is 22.4 Å². The fourth-order valence-corrected chi connectivity index (χ4v) is 3.61. The molecule has 0 atom stereocenters. The van der Waals surface area contributed by atoms with Gasteiger partial charge in [-0.1, -0.05) is 11.6 Å². The molecule has 0 aliphatic carbocycles. The van der Waals surface area contributed by atoms with Crippen molar-refractivity contribution in [1.29, 1.82) is 0 Å². The molecule has 3 rings (SSSR count). The predicted octanol–water partition coefficient (Wildman–Crippen LogP) is 3.71. The minimum absolute atomic E-state index is 0.0533. The van der Waals surface area contributed by atoms with Crippen LogP contribution in [0.4, 0.5) is 13.2 Å². The highest BCUT2D eigenvalue weighted by Crippen LogP contribution is 2.33. The standard InChI is InChI=1S/C15H11ClF3N3O2S/c1-22-11-7-20-13(15(17,18)19)6-10(11)21-14(22)9-4-3-8(16)5-12(9)25(2,23)24/h3-7H,1-2H3. The maximum atomic E-state index is 12.8. The van der Waals surface area contributed by atoms with Gasteiger partial charge in [0.15, 0.2) is 9.84 Å². The lowest BCUT2D eigenvalue weighted by Crippen LogP contribution is -2.07. The highest BCUT2D eigenvalue weighted by molar-refractivity contribution is 7.90. The van der Waals surface area contributed by atoms with Crippen molar-refractivity contribution in [3.05, 3.63) is 41.2 Å². The second-order valence-corrected chi connectivity index (χ2v) is 7.88. The first-order chi connectivity index (χ1) is 11.5. The second-order valence-electron chi connectivity index (χ2n) is 5.46. The summed E-state index contributed by atoms with van der Waals surface area (Å²) in [5.41, 5.74) is -0.408. The smallest absolute Gasteiger partial charge is 0.326 e. The van der Waals surface area contributed by atoms with Gasteiger partial charge in [0.05, 0.1) is 22.1 Å². The zero-order valence-corrected chi connectivity index (χ0v) is 14.5. The van der Waals surface area contributed by atoms with Crippen LogP contribution in [0, 0.1) is 0 Å². The first kappa shape index (κ1) is 17.7. The van der Waals surface area contributed by atoms with Crippen molar-refractivity contribution < 1.29 is 21.6 Å². The van der Waals surface area contributed by atoms with Gasteiger partial charge in [0, 0.05) is 23.9 Å². The van der Waals surface area contributed by atoms with E-state index >= 15 is 0 Å². The van der Waals surface area contributed by atoms with Crippen molar-refractivity contribution in [2.75, 3.05) is 6.26 Å². The largest absolute Gasteiger partial charge is 0.433 e. The van der Waals surface area contributed by atoms with Crippen molar-refractivity contribution >= 4 is 32.5 Å². The fraction of sp³-hybridized carbons (Fsp3) is 0.200. The van der Waals surface area contributed by atoms with Crippen molar-refractivity contribution in [2.45, 2.75) is 11.1 Å². The number of alkyl halides is 3. The molecule has 0 fully saturated rings. The van der Waals surface area contributed by atoms with Gasteiger partial charge >= 0.3 is 6.18 Å². The van der Waals surface area contributed by atoms with E-state index in [0.29, 0.717) is 5.52 Å². The Bertz CT molecular complexity index is 1090. The highest BCUT2D eigenvalue weighted by atomic mass is 35.5. The van der Waals surface area contributed by atoms with Gasteiger partial charge in [-0.15, -0.1) is 0 Å². The summed E-state index contributed by atoms with van der Waals surface area (Å²) in [5.74, 6) is 0.202. The molecule has 0 saturated heterocycles. The molecule has 10 heteroatoms. The Balaban J connectivity index is 2.29. The molecule has 0 spiro atoms. The Morgan fingerprint density at radius 1 is 1.20 bits per heavy atom. The third kappa shape index (κ3) is 3.21. The third-order valence-electron chi connectivity index (χ3n) is 3.64. The van der Waals surface area contributed by atoms with E-state index in [4.69, 9.17) is 11.6 Å². The molecule has 0 amide bonds. The second kappa shape index (κ2) is 5.70. The average Bonchev–Trinajstić information content (AvgIpc) is 2.82. The van der Waals surface area contributed by atoms with Crippen molar-refractivity contribution in [3.63, 3.8) is 0 Å². The molecule has 0 saturated carbocycles. The number of halogens is 4. The van der Waals surface area contributed by atoms with E-state index in [2.05, 4.69) is 9.97 Å². The first-order valence-corrected chi connectivity index (χ1v) is 9.15. The van der Waals surface area contributed by atoms with Gasteiger partial charge in [-0.05, 0) is 24.3 Å². The summed E-state index contributed by atoms with van der Waals surface area (Å²) in [6.07, 6.45) is -2.51. The topological polar surface area (TPSA) is 64.8 Å². The third-order valence-corrected chi connectivity index (χ3v) is 5.01. The number of hydrogen-bond acceptors (Lipinski definition) is 4. The Morgan fingerprint density at radius 3 is 2.48 bits per heavy atom. The number of hydrogen-bond donors (Lipinski definition) is 0.